The van der Waals surface area contributed by atoms with E-state index in [1.165, 1.54) is 19.3 Å². The molecule has 12 heteroatoms. The van der Waals surface area contributed by atoms with Crippen molar-refractivity contribution in [2.45, 2.75) is 250 Å². The first kappa shape index (κ1) is 66.7. The lowest BCUT2D eigenvalue weighted by atomic mass is 9.98. The molecule has 1 saturated heterocycles. The molecule has 6 unspecified atom stereocenters. The molecule has 0 amide bonds. The number of aliphatic carboxylic acids is 1. The second-order valence-corrected chi connectivity index (χ2v) is 18.8. The third-order valence-corrected chi connectivity index (χ3v) is 12.1. The van der Waals surface area contributed by atoms with E-state index in [1.54, 1.807) is 0 Å². The Hall–Kier alpha value is -4.36. The van der Waals surface area contributed by atoms with Gasteiger partial charge in [0.05, 0.1) is 6.61 Å². The highest BCUT2D eigenvalue weighted by Crippen LogP contribution is 2.26. The molecule has 1 heterocycles. The summed E-state index contributed by atoms with van der Waals surface area (Å²) in [5.41, 5.74) is 0. The molecule has 0 bridgehead atoms. The van der Waals surface area contributed by atoms with E-state index in [4.69, 9.17) is 23.7 Å². The van der Waals surface area contributed by atoms with Crippen LogP contribution in [-0.2, 0) is 42.9 Å². The molecule has 1 fully saturated rings. The fourth-order valence-electron chi connectivity index (χ4n) is 7.84. The number of hydrogen-bond donors (Lipinski definition) is 3. The van der Waals surface area contributed by atoms with Crippen molar-refractivity contribution in [2.75, 3.05) is 13.2 Å². The SMILES string of the molecule is CC/C=C\C/C=C\C/C=C\CCCCCCCC(=O)OCC(COC1OC(C(=O)O)C(O)C(O)C1OC(=O)CCCCCCC/C=C\C/C=C\CCCCC)OC(=O)CCCCC/C=C\C/C=C\C/C=C\CC. The predicted octanol–water partition coefficient (Wildman–Crippen LogP) is 14.1. The molecule has 1 rings (SSSR count). The molecule has 73 heavy (non-hydrogen) atoms. The fraction of sp³-hybridized carbons (Fsp3) is 0.672. The molecule has 0 radical (unpaired) electrons. The molecule has 3 N–H and O–H groups in total. The first-order valence-corrected chi connectivity index (χ1v) is 28.2. The molecule has 0 aliphatic carbocycles. The number of rotatable bonds is 46. The van der Waals surface area contributed by atoms with Crippen molar-refractivity contribution in [3.63, 3.8) is 0 Å². The lowest BCUT2D eigenvalue weighted by Crippen LogP contribution is -2.61. The number of allylic oxidation sites excluding steroid dienone is 16. The molecule has 0 aromatic carbocycles. The van der Waals surface area contributed by atoms with Gasteiger partial charge in [0.15, 0.2) is 24.6 Å². The van der Waals surface area contributed by atoms with Crippen molar-refractivity contribution in [3.05, 3.63) is 97.2 Å². The lowest BCUT2D eigenvalue weighted by molar-refractivity contribution is -0.301. The third kappa shape index (κ3) is 38.8. The zero-order valence-corrected chi connectivity index (χ0v) is 45.3. The average molecular weight is 1020 g/mol. The Balaban J connectivity index is 2.75. The Labute approximate surface area is 441 Å². The van der Waals surface area contributed by atoms with E-state index < -0.39 is 67.3 Å². The monoisotopic (exact) mass is 1020 g/mol. The number of hydrogen-bond acceptors (Lipinski definition) is 11. The number of esters is 3. The molecular formula is C61H98O12. The maximum Gasteiger partial charge on any atom is 0.335 e. The summed E-state index contributed by atoms with van der Waals surface area (Å²) >= 11 is 0. The first-order valence-electron chi connectivity index (χ1n) is 28.2. The average Bonchev–Trinajstić information content (AvgIpc) is 3.37. The van der Waals surface area contributed by atoms with Gasteiger partial charge < -0.3 is 39.0 Å². The van der Waals surface area contributed by atoms with Crippen LogP contribution in [0.25, 0.3) is 0 Å². The van der Waals surface area contributed by atoms with Gasteiger partial charge in [0.2, 0.25) is 0 Å². The van der Waals surface area contributed by atoms with E-state index >= 15 is 0 Å². The lowest BCUT2D eigenvalue weighted by Gasteiger charge is -2.40. The summed E-state index contributed by atoms with van der Waals surface area (Å²) < 4.78 is 28.3. The second-order valence-electron chi connectivity index (χ2n) is 18.8. The summed E-state index contributed by atoms with van der Waals surface area (Å²) in [7, 11) is 0. The third-order valence-electron chi connectivity index (χ3n) is 12.1. The Morgan fingerprint density at radius 3 is 1.33 bits per heavy atom. The number of ether oxygens (including phenoxy) is 5. The summed E-state index contributed by atoms with van der Waals surface area (Å²) in [6.07, 6.45) is 51.0. The molecule has 414 valence electrons. The topological polar surface area (TPSA) is 175 Å². The number of carboxylic acids is 1. The van der Waals surface area contributed by atoms with Crippen molar-refractivity contribution in [1.29, 1.82) is 0 Å². The molecule has 0 aromatic heterocycles. The first-order chi connectivity index (χ1) is 35.6. The highest BCUT2D eigenvalue weighted by Gasteiger charge is 2.50. The number of carbonyl (C=O) groups is 4. The largest absolute Gasteiger partial charge is 0.479 e. The summed E-state index contributed by atoms with van der Waals surface area (Å²) in [5, 5.41) is 31.4. The van der Waals surface area contributed by atoms with E-state index in [9.17, 15) is 34.5 Å². The molecule has 12 nitrogen and oxygen atoms in total. The zero-order valence-electron chi connectivity index (χ0n) is 45.3. The van der Waals surface area contributed by atoms with E-state index in [-0.39, 0.29) is 25.9 Å². The second kappa shape index (κ2) is 48.6. The van der Waals surface area contributed by atoms with Crippen LogP contribution >= 0.6 is 0 Å². The van der Waals surface area contributed by atoms with Gasteiger partial charge >= 0.3 is 23.9 Å². The normalized spacial score (nSPS) is 19.1. The van der Waals surface area contributed by atoms with Crippen LogP contribution in [0.5, 0.6) is 0 Å². The summed E-state index contributed by atoms with van der Waals surface area (Å²) in [6, 6.07) is 0. The number of unbranched alkanes of at least 4 members (excludes halogenated alkanes) is 16. The number of carbonyl (C=O) groups excluding carboxylic acids is 3. The standard InChI is InChI=1S/C61H98O12/c1-4-7-10-13-16-19-22-25-27-30-32-35-38-41-44-47-53(62)69-50-52(71-54(63)48-45-42-39-36-33-29-24-21-18-15-12-9-6-3)51-70-61-59(57(66)56(65)58(73-61)60(67)68)72-55(64)49-46-43-40-37-34-31-28-26-23-20-17-14-11-8-5-2/h7,9-10,12,16-21,25-29,33,52,56-59,61,65-66H,4-6,8,11,13-15,22-24,30-32,34-51H2,1-3H3,(H,67,68)/b10-7-,12-9-,19-16-,20-17-,21-18-,27-25-,28-26-,33-29-. The van der Waals surface area contributed by atoms with Crippen molar-refractivity contribution in [1.82, 2.24) is 0 Å². The van der Waals surface area contributed by atoms with Crippen molar-refractivity contribution in [2.24, 2.45) is 0 Å². The minimum absolute atomic E-state index is 0.0348. The minimum Gasteiger partial charge on any atom is -0.479 e. The molecule has 6 atom stereocenters. The van der Waals surface area contributed by atoms with Gasteiger partial charge in [0.1, 0.15) is 18.8 Å². The van der Waals surface area contributed by atoms with E-state index in [2.05, 4.69) is 118 Å². The quantitative estimate of drug-likeness (QED) is 0.0228. The van der Waals surface area contributed by atoms with E-state index in [0.29, 0.717) is 19.3 Å². The van der Waals surface area contributed by atoms with Gasteiger partial charge in [-0.25, -0.2) is 4.79 Å². The van der Waals surface area contributed by atoms with Crippen molar-refractivity contribution >= 4 is 23.9 Å². The molecule has 1 aliphatic rings. The van der Waals surface area contributed by atoms with Gasteiger partial charge in [-0.1, -0.05) is 176 Å². The molecule has 0 aromatic rings. The highest BCUT2D eigenvalue weighted by molar-refractivity contribution is 5.74. The van der Waals surface area contributed by atoms with Crippen LogP contribution in [0, 0.1) is 0 Å². The van der Waals surface area contributed by atoms with Gasteiger partial charge in [0.25, 0.3) is 0 Å². The summed E-state index contributed by atoms with van der Waals surface area (Å²) in [6.45, 7) is 5.67. The summed E-state index contributed by atoms with van der Waals surface area (Å²) in [5.74, 6) is -3.21. The van der Waals surface area contributed by atoms with Gasteiger partial charge in [-0.15, -0.1) is 0 Å². The zero-order chi connectivity index (χ0) is 53.3. The van der Waals surface area contributed by atoms with Crippen LogP contribution < -0.4 is 0 Å². The Kier molecular flexibility index (Phi) is 44.4. The molecule has 1 aliphatic heterocycles. The van der Waals surface area contributed by atoms with E-state index in [0.717, 1.165) is 135 Å². The van der Waals surface area contributed by atoms with Gasteiger partial charge in [-0.3, -0.25) is 14.4 Å². The van der Waals surface area contributed by atoms with Crippen LogP contribution in [0.3, 0.4) is 0 Å². The number of carboxylic acid groups (broad SMARTS) is 1. The minimum atomic E-state index is -1.92. The smallest absolute Gasteiger partial charge is 0.335 e. The number of aliphatic hydroxyl groups is 2. The van der Waals surface area contributed by atoms with Crippen molar-refractivity contribution < 1.29 is 58.2 Å². The molecule has 0 spiro atoms. The van der Waals surface area contributed by atoms with Crippen LogP contribution in [0.2, 0.25) is 0 Å². The van der Waals surface area contributed by atoms with Crippen LogP contribution in [0.4, 0.5) is 0 Å². The van der Waals surface area contributed by atoms with Crippen LogP contribution in [0.15, 0.2) is 97.2 Å². The Morgan fingerprint density at radius 1 is 0.466 bits per heavy atom. The molecule has 0 saturated carbocycles. The Bertz CT molecular complexity index is 1640. The van der Waals surface area contributed by atoms with Gasteiger partial charge in [-0.2, -0.15) is 0 Å². The number of aliphatic hydroxyl groups excluding tert-OH is 2. The van der Waals surface area contributed by atoms with Crippen molar-refractivity contribution in [3.8, 4) is 0 Å². The maximum atomic E-state index is 13.1. The fourth-order valence-corrected chi connectivity index (χ4v) is 7.84. The van der Waals surface area contributed by atoms with Gasteiger partial charge in [-0.05, 0) is 116 Å². The van der Waals surface area contributed by atoms with Crippen LogP contribution in [0.1, 0.15) is 213 Å². The Morgan fingerprint density at radius 2 is 0.863 bits per heavy atom. The van der Waals surface area contributed by atoms with Crippen LogP contribution in [-0.4, -0.2) is 89.2 Å². The van der Waals surface area contributed by atoms with E-state index in [1.807, 2.05) is 0 Å². The predicted molar refractivity (Wildman–Crippen MR) is 294 cm³/mol. The van der Waals surface area contributed by atoms with Gasteiger partial charge in [0, 0.05) is 19.3 Å². The highest BCUT2D eigenvalue weighted by atomic mass is 16.7. The maximum absolute atomic E-state index is 13.1. The molecular weight excluding hydrogens is 925 g/mol. The summed E-state index contributed by atoms with van der Waals surface area (Å²) in [4.78, 5) is 51.0.